The molecule has 1 aromatic heterocycles. The van der Waals surface area contributed by atoms with Crippen molar-refractivity contribution in [3.05, 3.63) is 11.8 Å². The average Bonchev–Trinajstić information content (AvgIpc) is 2.74. The summed E-state index contributed by atoms with van der Waals surface area (Å²) in [6, 6.07) is 0.939. The predicted octanol–water partition coefficient (Wildman–Crippen LogP) is 1.44. The van der Waals surface area contributed by atoms with Gasteiger partial charge >= 0.3 is 0 Å². The molecule has 0 aliphatic rings. The fourth-order valence-corrected chi connectivity index (χ4v) is 2.57. The molecule has 0 aromatic carbocycles. The van der Waals surface area contributed by atoms with E-state index >= 15 is 0 Å². The predicted molar refractivity (Wildman–Crippen MR) is 82.5 cm³/mol. The van der Waals surface area contributed by atoms with Crippen LogP contribution in [-0.4, -0.2) is 36.8 Å². The van der Waals surface area contributed by atoms with Gasteiger partial charge in [-0.3, -0.25) is 9.89 Å². The molecule has 0 spiro atoms. The summed E-state index contributed by atoms with van der Waals surface area (Å²) in [4.78, 5) is 12.2. The Hall–Kier alpha value is -1.41. The van der Waals surface area contributed by atoms with Crippen LogP contribution in [0.5, 0.6) is 0 Å². The first-order valence-electron chi connectivity index (χ1n) is 6.92. The Balaban J connectivity index is 2.79. The van der Waals surface area contributed by atoms with Gasteiger partial charge in [0, 0.05) is 11.8 Å². The summed E-state index contributed by atoms with van der Waals surface area (Å²) in [6.07, 6.45) is 1.46. The molecule has 1 rings (SSSR count). The largest absolute Gasteiger partial charge is 0.308 e. The number of nitrogens with one attached hydrogen (secondary N) is 3. The van der Waals surface area contributed by atoms with Gasteiger partial charge in [0.25, 0.3) is 0 Å². The van der Waals surface area contributed by atoms with Crippen molar-refractivity contribution in [3.63, 3.8) is 0 Å². The molecule has 0 saturated heterocycles. The van der Waals surface area contributed by atoms with E-state index in [1.807, 2.05) is 27.7 Å². The minimum Gasteiger partial charge on any atom is -0.308 e. The van der Waals surface area contributed by atoms with Crippen LogP contribution in [0.15, 0.2) is 6.07 Å². The van der Waals surface area contributed by atoms with Gasteiger partial charge in [-0.2, -0.15) is 5.10 Å². The molecule has 1 atom stereocenters. The normalized spacial score (nSPS) is 13.7. The lowest BCUT2D eigenvalue weighted by molar-refractivity contribution is -0.118. The lowest BCUT2D eigenvalue weighted by Gasteiger charge is -2.18. The van der Waals surface area contributed by atoms with Crippen molar-refractivity contribution in [1.29, 1.82) is 0 Å². The average molecular weight is 316 g/mol. The number of hydrogen-bond acceptors (Lipinski definition) is 4. The second-order valence-electron chi connectivity index (χ2n) is 5.92. The molecule has 0 fully saturated rings. The summed E-state index contributed by atoms with van der Waals surface area (Å²) in [5, 5.41) is 9.47. The number of sulfonamides is 1. The Morgan fingerprint density at radius 2 is 1.95 bits per heavy atom. The van der Waals surface area contributed by atoms with Crippen LogP contribution in [0.2, 0.25) is 0 Å². The van der Waals surface area contributed by atoms with Crippen LogP contribution < -0.4 is 10.0 Å². The lowest BCUT2D eigenvalue weighted by Crippen LogP contribution is -2.44. The molecular formula is C13H24N4O3S. The molecule has 21 heavy (non-hydrogen) atoms. The van der Waals surface area contributed by atoms with Crippen molar-refractivity contribution in [2.75, 3.05) is 11.6 Å². The van der Waals surface area contributed by atoms with Crippen LogP contribution in [0.3, 0.4) is 0 Å². The second kappa shape index (κ2) is 7.04. The van der Waals surface area contributed by atoms with Gasteiger partial charge in [0.15, 0.2) is 5.82 Å². The summed E-state index contributed by atoms with van der Waals surface area (Å²) in [7, 11) is -3.45. The van der Waals surface area contributed by atoms with E-state index < -0.39 is 22.0 Å². The number of hydrogen-bond donors (Lipinski definition) is 3. The maximum absolute atomic E-state index is 12.2. The van der Waals surface area contributed by atoms with E-state index in [-0.39, 0.29) is 11.8 Å². The Kier molecular flexibility index (Phi) is 5.91. The minimum atomic E-state index is -3.45. The van der Waals surface area contributed by atoms with E-state index in [2.05, 4.69) is 20.2 Å². The molecule has 3 N–H and O–H groups in total. The molecule has 1 aromatic rings. The second-order valence-corrected chi connectivity index (χ2v) is 7.70. The Labute approximate surface area is 126 Å². The monoisotopic (exact) mass is 316 g/mol. The lowest BCUT2D eigenvalue weighted by atomic mass is 10.0. The molecule has 1 heterocycles. The third kappa shape index (κ3) is 6.26. The molecule has 1 unspecified atom stereocenters. The molecule has 0 radical (unpaired) electrons. The van der Waals surface area contributed by atoms with Crippen molar-refractivity contribution < 1.29 is 13.2 Å². The maximum atomic E-state index is 12.2. The molecule has 7 nitrogen and oxygen atoms in total. The molecule has 0 aliphatic carbocycles. The number of rotatable bonds is 7. The van der Waals surface area contributed by atoms with Gasteiger partial charge in [0.1, 0.15) is 6.04 Å². The van der Waals surface area contributed by atoms with Crippen LogP contribution in [0.25, 0.3) is 0 Å². The fraction of sp³-hybridized carbons (Fsp3) is 0.692. The molecule has 0 aliphatic heterocycles. The van der Waals surface area contributed by atoms with Gasteiger partial charge in [-0.05, 0) is 18.3 Å². The zero-order valence-electron chi connectivity index (χ0n) is 13.1. The molecule has 8 heteroatoms. The van der Waals surface area contributed by atoms with E-state index in [9.17, 15) is 13.2 Å². The summed E-state index contributed by atoms with van der Waals surface area (Å²) < 4.78 is 25.1. The first-order valence-corrected chi connectivity index (χ1v) is 8.81. The van der Waals surface area contributed by atoms with Gasteiger partial charge in [0.05, 0.1) is 6.26 Å². The quantitative estimate of drug-likeness (QED) is 0.708. The fourth-order valence-electron chi connectivity index (χ4n) is 1.85. The number of amides is 1. The van der Waals surface area contributed by atoms with Crippen LogP contribution in [0, 0.1) is 5.92 Å². The maximum Gasteiger partial charge on any atom is 0.243 e. The summed E-state index contributed by atoms with van der Waals surface area (Å²) >= 11 is 0. The van der Waals surface area contributed by atoms with Crippen molar-refractivity contribution in [2.45, 2.75) is 46.1 Å². The number of carbonyl (C=O) groups excluding carboxylic acids is 1. The number of nitrogens with zero attached hydrogens (tertiary/aromatic N) is 1. The Morgan fingerprint density at radius 3 is 2.38 bits per heavy atom. The zero-order chi connectivity index (χ0) is 16.2. The van der Waals surface area contributed by atoms with Gasteiger partial charge in [0.2, 0.25) is 15.9 Å². The summed E-state index contributed by atoms with van der Waals surface area (Å²) in [6.45, 7) is 7.86. The minimum absolute atomic E-state index is 0.181. The number of H-pyrrole nitrogens is 1. The third-order valence-corrected chi connectivity index (χ3v) is 3.56. The molecule has 1 amide bonds. The number of aromatic nitrogens is 2. The van der Waals surface area contributed by atoms with E-state index in [0.717, 1.165) is 11.9 Å². The van der Waals surface area contributed by atoms with E-state index in [1.165, 1.54) is 0 Å². The summed E-state index contributed by atoms with van der Waals surface area (Å²) in [5.41, 5.74) is 0.904. The number of anilines is 1. The SMILES string of the molecule is CC(C)CC(NS(C)(=O)=O)C(=O)Nc1cc(C(C)C)[nH]n1. The number of aromatic amines is 1. The van der Waals surface area contributed by atoms with Crippen LogP contribution in [-0.2, 0) is 14.8 Å². The highest BCUT2D eigenvalue weighted by Crippen LogP contribution is 2.15. The van der Waals surface area contributed by atoms with Crippen LogP contribution in [0.1, 0.15) is 45.7 Å². The van der Waals surface area contributed by atoms with Crippen molar-refractivity contribution >= 4 is 21.7 Å². The highest BCUT2D eigenvalue weighted by Gasteiger charge is 2.24. The Morgan fingerprint density at radius 1 is 1.33 bits per heavy atom. The van der Waals surface area contributed by atoms with E-state index in [1.54, 1.807) is 6.07 Å². The first kappa shape index (κ1) is 17.6. The first-order chi connectivity index (χ1) is 9.58. The zero-order valence-corrected chi connectivity index (χ0v) is 13.9. The van der Waals surface area contributed by atoms with Crippen LogP contribution in [0.4, 0.5) is 5.82 Å². The standard InChI is InChI=1S/C13H24N4O3S/c1-8(2)6-11(17-21(5,19)20)13(18)14-12-7-10(9(3)4)15-16-12/h7-9,11,17H,6H2,1-5H3,(H2,14,15,16,18). The van der Waals surface area contributed by atoms with Gasteiger partial charge < -0.3 is 5.32 Å². The highest BCUT2D eigenvalue weighted by molar-refractivity contribution is 7.88. The smallest absolute Gasteiger partial charge is 0.243 e. The molecule has 120 valence electrons. The van der Waals surface area contributed by atoms with E-state index in [0.29, 0.717) is 12.2 Å². The van der Waals surface area contributed by atoms with Crippen LogP contribution >= 0.6 is 0 Å². The summed E-state index contributed by atoms with van der Waals surface area (Å²) in [5.74, 6) is 0.438. The van der Waals surface area contributed by atoms with Gasteiger partial charge in [-0.15, -0.1) is 0 Å². The highest BCUT2D eigenvalue weighted by atomic mass is 32.2. The third-order valence-electron chi connectivity index (χ3n) is 2.85. The van der Waals surface area contributed by atoms with Crippen molar-refractivity contribution in [2.24, 2.45) is 5.92 Å². The molecule has 0 saturated carbocycles. The number of carbonyl (C=O) groups is 1. The topological polar surface area (TPSA) is 104 Å². The van der Waals surface area contributed by atoms with Gasteiger partial charge in [-0.1, -0.05) is 27.7 Å². The molecular weight excluding hydrogens is 292 g/mol. The molecule has 0 bridgehead atoms. The van der Waals surface area contributed by atoms with Crippen molar-refractivity contribution in [3.8, 4) is 0 Å². The van der Waals surface area contributed by atoms with E-state index in [4.69, 9.17) is 0 Å². The van der Waals surface area contributed by atoms with Gasteiger partial charge in [-0.25, -0.2) is 13.1 Å². The Bertz CT molecular complexity index is 578. The van der Waals surface area contributed by atoms with Crippen molar-refractivity contribution in [1.82, 2.24) is 14.9 Å².